The first-order valence-electron chi connectivity index (χ1n) is 5.69. The third-order valence-electron chi connectivity index (χ3n) is 2.80. The molecule has 0 bridgehead atoms. The van der Waals surface area contributed by atoms with Gasteiger partial charge in [0.05, 0.1) is 11.6 Å². The number of nitrogen functional groups attached to an aromatic ring is 1. The molecule has 22 heavy (non-hydrogen) atoms. The molecule has 2 rings (SSSR count). The van der Waals surface area contributed by atoms with E-state index >= 15 is 0 Å². The number of aromatic carboxylic acids is 1. The summed E-state index contributed by atoms with van der Waals surface area (Å²) in [5.74, 6) is -5.12. The zero-order valence-corrected chi connectivity index (χ0v) is 12.5. The lowest BCUT2D eigenvalue weighted by atomic mass is 10.1. The second-order valence-corrected chi connectivity index (χ2v) is 4.98. The summed E-state index contributed by atoms with van der Waals surface area (Å²) in [5.41, 5.74) is 2.81. The number of pyridine rings is 1. The average Bonchev–Trinajstić information content (AvgIpc) is 2.45. The van der Waals surface area contributed by atoms with E-state index in [9.17, 15) is 18.0 Å². The molecule has 0 aliphatic carbocycles. The summed E-state index contributed by atoms with van der Waals surface area (Å²) in [6.45, 7) is 0. The monoisotopic (exact) mass is 376 g/mol. The highest BCUT2D eigenvalue weighted by atomic mass is 79.9. The number of carboxylic acid groups (broad SMARTS) is 1. The topological polar surface area (TPSA) is 85.4 Å². The van der Waals surface area contributed by atoms with Crippen molar-refractivity contribution in [2.75, 3.05) is 12.8 Å². The lowest BCUT2D eigenvalue weighted by Gasteiger charge is -2.13. The molecule has 3 N–H and O–H groups in total. The normalized spacial score (nSPS) is 10.6. The van der Waals surface area contributed by atoms with Gasteiger partial charge in [0, 0.05) is 5.56 Å². The zero-order valence-electron chi connectivity index (χ0n) is 11.0. The molecule has 0 aliphatic rings. The van der Waals surface area contributed by atoms with Crippen LogP contribution in [0.1, 0.15) is 10.5 Å². The maximum atomic E-state index is 14.2. The lowest BCUT2D eigenvalue weighted by molar-refractivity contribution is 0.0686. The summed E-state index contributed by atoms with van der Waals surface area (Å²) < 4.78 is 46.2. The number of nitrogens with two attached hydrogens (primary N) is 1. The third kappa shape index (κ3) is 2.59. The summed E-state index contributed by atoms with van der Waals surface area (Å²) in [4.78, 5) is 14.6. The Bertz CT molecular complexity index is 784. The van der Waals surface area contributed by atoms with Crippen LogP contribution >= 0.6 is 15.9 Å². The number of hydrogen-bond acceptors (Lipinski definition) is 4. The minimum atomic E-state index is -1.55. The zero-order chi connectivity index (χ0) is 16.6. The fourth-order valence-electron chi connectivity index (χ4n) is 1.80. The fourth-order valence-corrected chi connectivity index (χ4v) is 2.12. The molecule has 1 aromatic carbocycles. The minimum Gasteiger partial charge on any atom is -0.492 e. The van der Waals surface area contributed by atoms with E-state index in [-0.39, 0.29) is 4.47 Å². The molecule has 1 aromatic heterocycles. The Kier molecular flexibility index (Phi) is 4.27. The highest BCUT2D eigenvalue weighted by Crippen LogP contribution is 2.36. The van der Waals surface area contributed by atoms with Crippen molar-refractivity contribution in [1.82, 2.24) is 4.98 Å². The van der Waals surface area contributed by atoms with Gasteiger partial charge >= 0.3 is 5.97 Å². The van der Waals surface area contributed by atoms with E-state index in [1.54, 1.807) is 0 Å². The number of halogens is 4. The van der Waals surface area contributed by atoms with Crippen molar-refractivity contribution in [2.24, 2.45) is 0 Å². The van der Waals surface area contributed by atoms with E-state index in [0.717, 1.165) is 13.2 Å². The molecule has 0 radical (unpaired) electrons. The van der Waals surface area contributed by atoms with Crippen LogP contribution in [0.2, 0.25) is 0 Å². The van der Waals surface area contributed by atoms with E-state index in [2.05, 4.69) is 20.9 Å². The maximum Gasteiger partial charge on any atom is 0.358 e. The number of rotatable bonds is 3. The SMILES string of the molecule is COc1c(C(=O)O)nc(-c2cc(F)c(Br)cc2F)c(F)c1N. The number of methoxy groups -OCH3 is 1. The summed E-state index contributed by atoms with van der Waals surface area (Å²) in [6.07, 6.45) is 0. The molecule has 0 spiro atoms. The van der Waals surface area contributed by atoms with Crippen LogP contribution in [0.5, 0.6) is 5.75 Å². The number of benzene rings is 1. The van der Waals surface area contributed by atoms with Gasteiger partial charge in [-0.15, -0.1) is 0 Å². The molecule has 5 nitrogen and oxygen atoms in total. The third-order valence-corrected chi connectivity index (χ3v) is 3.41. The Morgan fingerprint density at radius 1 is 1.32 bits per heavy atom. The fraction of sp³-hybridized carbons (Fsp3) is 0.0769. The number of aromatic nitrogens is 1. The van der Waals surface area contributed by atoms with Gasteiger partial charge in [-0.2, -0.15) is 0 Å². The van der Waals surface area contributed by atoms with Crippen LogP contribution in [0.25, 0.3) is 11.3 Å². The standard InChI is InChI=1S/C13H8BrF3N2O3/c1-22-12-9(18)8(17)10(19-11(12)13(20)21)4-2-7(16)5(14)3-6(4)15/h2-3H,1H3,(H2,18,19)(H,20,21). The predicted molar refractivity (Wildman–Crippen MR) is 75.2 cm³/mol. The first-order valence-corrected chi connectivity index (χ1v) is 6.48. The molecule has 0 fully saturated rings. The number of carboxylic acids is 1. The quantitative estimate of drug-likeness (QED) is 0.803. The Hall–Kier alpha value is -2.29. The van der Waals surface area contributed by atoms with Crippen molar-refractivity contribution in [3.05, 3.63) is 39.8 Å². The summed E-state index contributed by atoms with van der Waals surface area (Å²) in [7, 11) is 1.08. The van der Waals surface area contributed by atoms with Crippen LogP contribution in [0.4, 0.5) is 18.9 Å². The second kappa shape index (κ2) is 5.84. The van der Waals surface area contributed by atoms with Gasteiger partial charge in [-0.3, -0.25) is 0 Å². The molecule has 0 saturated heterocycles. The highest BCUT2D eigenvalue weighted by Gasteiger charge is 2.25. The van der Waals surface area contributed by atoms with Crippen LogP contribution in [0.15, 0.2) is 16.6 Å². The van der Waals surface area contributed by atoms with Crippen LogP contribution in [-0.2, 0) is 0 Å². The Labute approximate surface area is 130 Å². The van der Waals surface area contributed by atoms with Crippen LogP contribution in [0.3, 0.4) is 0 Å². The molecule has 2 aromatic rings. The van der Waals surface area contributed by atoms with Crippen LogP contribution < -0.4 is 10.5 Å². The van der Waals surface area contributed by atoms with E-state index < -0.39 is 51.8 Å². The molecule has 0 unspecified atom stereocenters. The van der Waals surface area contributed by atoms with Crippen LogP contribution in [0, 0.1) is 17.5 Å². The van der Waals surface area contributed by atoms with Crippen molar-refractivity contribution in [1.29, 1.82) is 0 Å². The van der Waals surface area contributed by atoms with Gasteiger partial charge in [0.25, 0.3) is 0 Å². The smallest absolute Gasteiger partial charge is 0.358 e. The van der Waals surface area contributed by atoms with Crippen molar-refractivity contribution in [3.63, 3.8) is 0 Å². The molecule has 9 heteroatoms. The van der Waals surface area contributed by atoms with Gasteiger partial charge < -0.3 is 15.6 Å². The minimum absolute atomic E-state index is 0.172. The van der Waals surface area contributed by atoms with Crippen molar-refractivity contribution in [2.45, 2.75) is 0 Å². The Morgan fingerprint density at radius 2 is 1.95 bits per heavy atom. The number of carbonyl (C=O) groups is 1. The van der Waals surface area contributed by atoms with Crippen molar-refractivity contribution < 1.29 is 27.8 Å². The van der Waals surface area contributed by atoms with Gasteiger partial charge in [0.1, 0.15) is 23.0 Å². The van der Waals surface area contributed by atoms with Crippen molar-refractivity contribution >= 4 is 27.6 Å². The van der Waals surface area contributed by atoms with Gasteiger partial charge in [0.15, 0.2) is 17.3 Å². The lowest BCUT2D eigenvalue weighted by Crippen LogP contribution is -2.10. The highest BCUT2D eigenvalue weighted by molar-refractivity contribution is 9.10. The van der Waals surface area contributed by atoms with E-state index in [4.69, 9.17) is 15.6 Å². The number of ether oxygens (including phenoxy) is 1. The molecule has 0 saturated carbocycles. The average molecular weight is 377 g/mol. The predicted octanol–water partition coefficient (Wildman–Crippen LogP) is 3.22. The number of nitrogens with zero attached hydrogens (tertiary/aromatic N) is 1. The largest absolute Gasteiger partial charge is 0.492 e. The molecule has 0 aliphatic heterocycles. The molecular weight excluding hydrogens is 369 g/mol. The molecule has 0 atom stereocenters. The van der Waals surface area contributed by atoms with E-state index in [0.29, 0.717) is 6.07 Å². The van der Waals surface area contributed by atoms with Gasteiger partial charge in [0.2, 0.25) is 0 Å². The molecule has 0 amide bonds. The first-order chi connectivity index (χ1) is 10.3. The summed E-state index contributed by atoms with van der Waals surface area (Å²) >= 11 is 2.78. The Morgan fingerprint density at radius 3 is 2.50 bits per heavy atom. The molecule has 1 heterocycles. The number of hydrogen-bond donors (Lipinski definition) is 2. The number of anilines is 1. The molecular formula is C13H8BrF3N2O3. The van der Waals surface area contributed by atoms with Crippen molar-refractivity contribution in [3.8, 4) is 17.0 Å². The van der Waals surface area contributed by atoms with Gasteiger partial charge in [-0.1, -0.05) is 0 Å². The molecule has 116 valence electrons. The van der Waals surface area contributed by atoms with E-state index in [1.807, 2.05) is 0 Å². The maximum absolute atomic E-state index is 14.2. The van der Waals surface area contributed by atoms with Gasteiger partial charge in [-0.25, -0.2) is 22.9 Å². The van der Waals surface area contributed by atoms with Crippen LogP contribution in [-0.4, -0.2) is 23.2 Å². The summed E-state index contributed by atoms with van der Waals surface area (Å²) in [6, 6.07) is 1.45. The summed E-state index contributed by atoms with van der Waals surface area (Å²) in [5, 5.41) is 9.06. The Balaban J connectivity index is 2.82. The first kappa shape index (κ1) is 16.1. The van der Waals surface area contributed by atoms with Gasteiger partial charge in [-0.05, 0) is 28.1 Å². The second-order valence-electron chi connectivity index (χ2n) is 4.12. The van der Waals surface area contributed by atoms with E-state index in [1.165, 1.54) is 0 Å².